The summed E-state index contributed by atoms with van der Waals surface area (Å²) in [5.41, 5.74) is 1.95. The molecule has 0 radical (unpaired) electrons. The number of carbonyl (C=O) groups is 1. The maximum Gasteiger partial charge on any atom is 0.337 e. The van der Waals surface area contributed by atoms with Crippen LogP contribution in [-0.2, 0) is 4.74 Å². The zero-order valence-electron chi connectivity index (χ0n) is 14.7. The summed E-state index contributed by atoms with van der Waals surface area (Å²) in [6.45, 7) is 3.81. The summed E-state index contributed by atoms with van der Waals surface area (Å²) in [6, 6.07) is 11.0. The molecule has 0 saturated carbocycles. The van der Waals surface area contributed by atoms with Crippen LogP contribution in [0.25, 0.3) is 0 Å². The SMILES string of the molecule is COC(=O)c1ccc2c(c1)C(O)C(C)(C)C(c1ccc([N+](=O)[O-])cc1)N2. The normalized spacial score (nSPS) is 20.6. The number of fused-ring (bicyclic) bond motifs is 1. The van der Waals surface area contributed by atoms with Gasteiger partial charge in [0.25, 0.3) is 5.69 Å². The molecule has 3 rings (SSSR count). The lowest BCUT2D eigenvalue weighted by atomic mass is 9.70. The average Bonchev–Trinajstić information content (AvgIpc) is 2.64. The number of nitro benzene ring substituents is 1. The number of methoxy groups -OCH3 is 1. The van der Waals surface area contributed by atoms with Crippen molar-refractivity contribution in [3.8, 4) is 0 Å². The van der Waals surface area contributed by atoms with Crippen molar-refractivity contribution in [1.29, 1.82) is 0 Å². The number of nitrogens with zero attached hydrogens (tertiary/aromatic N) is 1. The third-order valence-corrected chi connectivity index (χ3v) is 4.95. The third-order valence-electron chi connectivity index (χ3n) is 4.95. The molecule has 1 aliphatic rings. The van der Waals surface area contributed by atoms with E-state index in [1.807, 2.05) is 13.8 Å². The number of aliphatic hydroxyl groups is 1. The van der Waals surface area contributed by atoms with E-state index in [2.05, 4.69) is 5.32 Å². The molecule has 2 unspecified atom stereocenters. The minimum Gasteiger partial charge on any atom is -0.465 e. The number of ether oxygens (including phenoxy) is 1. The van der Waals surface area contributed by atoms with Crippen LogP contribution in [0.1, 0.15) is 47.5 Å². The molecule has 26 heavy (non-hydrogen) atoms. The largest absolute Gasteiger partial charge is 0.465 e. The van der Waals surface area contributed by atoms with Gasteiger partial charge in [-0.25, -0.2) is 4.79 Å². The lowest BCUT2D eigenvalue weighted by Gasteiger charge is -2.45. The van der Waals surface area contributed by atoms with Gasteiger partial charge >= 0.3 is 5.97 Å². The van der Waals surface area contributed by atoms with E-state index in [1.165, 1.54) is 19.2 Å². The predicted molar refractivity (Wildman–Crippen MR) is 96.0 cm³/mol. The van der Waals surface area contributed by atoms with E-state index in [9.17, 15) is 20.0 Å². The number of hydrogen-bond donors (Lipinski definition) is 2. The van der Waals surface area contributed by atoms with Crippen LogP contribution in [0.2, 0.25) is 0 Å². The smallest absolute Gasteiger partial charge is 0.337 e. The predicted octanol–water partition coefficient (Wildman–Crippen LogP) is 3.61. The van der Waals surface area contributed by atoms with Gasteiger partial charge in [0.2, 0.25) is 0 Å². The number of hydrogen-bond acceptors (Lipinski definition) is 6. The number of carbonyl (C=O) groups excluding carboxylic acids is 1. The molecule has 2 aromatic rings. The maximum absolute atomic E-state index is 11.8. The Morgan fingerprint density at radius 3 is 2.46 bits per heavy atom. The highest BCUT2D eigenvalue weighted by Gasteiger charge is 2.43. The highest BCUT2D eigenvalue weighted by molar-refractivity contribution is 5.90. The van der Waals surface area contributed by atoms with Gasteiger partial charge in [0, 0.05) is 28.8 Å². The molecule has 0 fully saturated rings. The van der Waals surface area contributed by atoms with Gasteiger partial charge in [-0.05, 0) is 23.8 Å². The van der Waals surface area contributed by atoms with Crippen LogP contribution in [0.4, 0.5) is 11.4 Å². The lowest BCUT2D eigenvalue weighted by Crippen LogP contribution is -2.38. The Morgan fingerprint density at radius 2 is 1.88 bits per heavy atom. The Bertz CT molecular complexity index is 861. The molecule has 1 heterocycles. The van der Waals surface area contributed by atoms with Crippen molar-refractivity contribution >= 4 is 17.3 Å². The minimum atomic E-state index is -0.830. The van der Waals surface area contributed by atoms with Crippen molar-refractivity contribution in [3.05, 3.63) is 69.3 Å². The average molecular weight is 356 g/mol. The number of aliphatic hydroxyl groups excluding tert-OH is 1. The van der Waals surface area contributed by atoms with Gasteiger partial charge in [-0.2, -0.15) is 0 Å². The van der Waals surface area contributed by atoms with E-state index < -0.39 is 22.4 Å². The van der Waals surface area contributed by atoms with Gasteiger partial charge in [-0.15, -0.1) is 0 Å². The van der Waals surface area contributed by atoms with Crippen molar-refractivity contribution in [3.63, 3.8) is 0 Å². The summed E-state index contributed by atoms with van der Waals surface area (Å²) < 4.78 is 4.74. The molecule has 2 N–H and O–H groups in total. The minimum absolute atomic E-state index is 0.0195. The molecule has 0 aromatic heterocycles. The number of anilines is 1. The summed E-state index contributed by atoms with van der Waals surface area (Å²) in [7, 11) is 1.31. The fourth-order valence-corrected chi connectivity index (χ4v) is 3.37. The fourth-order valence-electron chi connectivity index (χ4n) is 3.37. The van der Waals surface area contributed by atoms with Crippen molar-refractivity contribution in [1.82, 2.24) is 0 Å². The molecule has 7 heteroatoms. The molecule has 7 nitrogen and oxygen atoms in total. The first-order valence-corrected chi connectivity index (χ1v) is 8.17. The Balaban J connectivity index is 2.01. The summed E-state index contributed by atoms with van der Waals surface area (Å²) in [4.78, 5) is 22.2. The van der Waals surface area contributed by atoms with Gasteiger partial charge in [-0.3, -0.25) is 10.1 Å². The Hall–Kier alpha value is -2.93. The molecular formula is C19H20N2O5. The molecule has 2 atom stereocenters. The number of esters is 1. The van der Waals surface area contributed by atoms with E-state index in [-0.39, 0.29) is 11.7 Å². The van der Waals surface area contributed by atoms with E-state index in [1.54, 1.807) is 30.3 Å². The number of benzene rings is 2. The highest BCUT2D eigenvalue weighted by atomic mass is 16.6. The van der Waals surface area contributed by atoms with Crippen molar-refractivity contribution in [2.75, 3.05) is 12.4 Å². The molecule has 1 aliphatic heterocycles. The van der Waals surface area contributed by atoms with Crippen LogP contribution >= 0.6 is 0 Å². The molecule has 0 saturated heterocycles. The number of nitro groups is 1. The van der Waals surface area contributed by atoms with Crippen molar-refractivity contribution in [2.45, 2.75) is 26.0 Å². The van der Waals surface area contributed by atoms with Crippen LogP contribution in [0.15, 0.2) is 42.5 Å². The molecule has 0 bridgehead atoms. The molecule has 0 amide bonds. The van der Waals surface area contributed by atoms with Gasteiger partial charge in [-0.1, -0.05) is 26.0 Å². The van der Waals surface area contributed by atoms with E-state index in [0.717, 1.165) is 5.56 Å². The zero-order chi connectivity index (χ0) is 19.1. The maximum atomic E-state index is 11.8. The van der Waals surface area contributed by atoms with Crippen LogP contribution < -0.4 is 5.32 Å². The van der Waals surface area contributed by atoms with E-state index >= 15 is 0 Å². The van der Waals surface area contributed by atoms with Gasteiger partial charge < -0.3 is 15.2 Å². The molecule has 136 valence electrons. The summed E-state index contributed by atoms with van der Waals surface area (Å²) in [5.74, 6) is -0.463. The van der Waals surface area contributed by atoms with Crippen LogP contribution in [0.5, 0.6) is 0 Å². The van der Waals surface area contributed by atoms with Crippen LogP contribution in [0.3, 0.4) is 0 Å². The van der Waals surface area contributed by atoms with Gasteiger partial charge in [0.05, 0.1) is 29.7 Å². The molecular weight excluding hydrogens is 336 g/mol. The molecule has 2 aromatic carbocycles. The van der Waals surface area contributed by atoms with E-state index in [0.29, 0.717) is 16.8 Å². The second-order valence-corrected chi connectivity index (χ2v) is 6.94. The summed E-state index contributed by atoms with van der Waals surface area (Å²) >= 11 is 0. The number of non-ortho nitro benzene ring substituents is 1. The summed E-state index contributed by atoms with van der Waals surface area (Å²) in [5, 5.41) is 25.2. The fraction of sp³-hybridized carbons (Fsp3) is 0.316. The Labute approximate surface area is 150 Å². The molecule has 0 spiro atoms. The first-order valence-electron chi connectivity index (χ1n) is 8.17. The third kappa shape index (κ3) is 2.90. The number of rotatable bonds is 3. The van der Waals surface area contributed by atoms with Crippen molar-refractivity contribution in [2.24, 2.45) is 5.41 Å². The standard InChI is InChI=1S/C19H20N2O5/c1-19(2)16(11-4-7-13(8-5-11)21(24)25)20-15-9-6-12(18(23)26-3)10-14(15)17(19)22/h4-10,16-17,20,22H,1-3H3. The Morgan fingerprint density at radius 1 is 1.23 bits per heavy atom. The summed E-state index contributed by atoms with van der Waals surface area (Å²) in [6.07, 6.45) is -0.830. The number of nitrogens with one attached hydrogen (secondary N) is 1. The second kappa shape index (κ2) is 6.42. The first kappa shape index (κ1) is 17.9. The quantitative estimate of drug-likeness (QED) is 0.495. The second-order valence-electron chi connectivity index (χ2n) is 6.94. The monoisotopic (exact) mass is 356 g/mol. The van der Waals surface area contributed by atoms with E-state index in [4.69, 9.17) is 4.74 Å². The van der Waals surface area contributed by atoms with Crippen LogP contribution in [-0.4, -0.2) is 23.1 Å². The molecule has 0 aliphatic carbocycles. The zero-order valence-corrected chi connectivity index (χ0v) is 14.7. The lowest BCUT2D eigenvalue weighted by molar-refractivity contribution is -0.384. The van der Waals surface area contributed by atoms with Gasteiger partial charge in [0.15, 0.2) is 0 Å². The van der Waals surface area contributed by atoms with Crippen LogP contribution in [0, 0.1) is 15.5 Å². The highest BCUT2D eigenvalue weighted by Crippen LogP contribution is 2.51. The first-order chi connectivity index (χ1) is 12.3. The topological polar surface area (TPSA) is 102 Å². The van der Waals surface area contributed by atoms with Crippen molar-refractivity contribution < 1.29 is 19.6 Å². The van der Waals surface area contributed by atoms with Gasteiger partial charge in [0.1, 0.15) is 0 Å². The Kier molecular flexibility index (Phi) is 4.41.